The summed E-state index contributed by atoms with van der Waals surface area (Å²) >= 11 is 0. The zero-order valence-corrected chi connectivity index (χ0v) is 8.97. The highest BCUT2D eigenvalue weighted by Gasteiger charge is 2.36. The molecule has 1 saturated carbocycles. The number of aliphatic hydroxyl groups is 1. The monoisotopic (exact) mass is 248 g/mol. The maximum atomic E-state index is 12.8. The summed E-state index contributed by atoms with van der Waals surface area (Å²) in [6.07, 6.45) is -3.60. The van der Waals surface area contributed by atoms with Gasteiger partial charge in [0, 0.05) is 0 Å². The summed E-state index contributed by atoms with van der Waals surface area (Å²) in [7, 11) is 0. The molecular weight excluding hydrogens is 236 g/mol. The van der Waals surface area contributed by atoms with Crippen LogP contribution in [0.2, 0.25) is 0 Å². The Morgan fingerprint density at radius 2 is 1.94 bits per heavy atom. The van der Waals surface area contributed by atoms with Crippen LogP contribution in [0.25, 0.3) is 0 Å². The van der Waals surface area contributed by atoms with E-state index < -0.39 is 23.7 Å². The van der Waals surface area contributed by atoms with E-state index in [9.17, 15) is 22.7 Å². The summed E-state index contributed by atoms with van der Waals surface area (Å²) in [4.78, 5) is 0. The van der Waals surface area contributed by atoms with Gasteiger partial charge in [0.25, 0.3) is 0 Å². The quantitative estimate of drug-likeness (QED) is 0.809. The molecule has 1 aliphatic rings. The molecule has 2 rings (SSSR count). The summed E-state index contributed by atoms with van der Waals surface area (Å²) < 4.78 is 50.8. The normalized spacial score (nSPS) is 18.2. The maximum Gasteiger partial charge on any atom is 0.416 e. The van der Waals surface area contributed by atoms with Gasteiger partial charge in [0.15, 0.2) is 0 Å². The van der Waals surface area contributed by atoms with Crippen LogP contribution in [0.1, 0.15) is 36.5 Å². The molecule has 1 unspecified atom stereocenters. The molecule has 1 aromatic carbocycles. The molecular formula is C12H12F4O. The number of alkyl halides is 3. The standard InChI is InChI=1S/C12H12F4O/c13-8-3-4-9(10(6-8)12(14,15)16)11(17)5-7-1-2-7/h3-4,6-7,11,17H,1-2,5H2. The van der Waals surface area contributed by atoms with Crippen molar-refractivity contribution in [3.63, 3.8) is 0 Å². The average molecular weight is 248 g/mol. The number of halogens is 4. The fraction of sp³-hybridized carbons (Fsp3) is 0.500. The van der Waals surface area contributed by atoms with Gasteiger partial charge in [-0.1, -0.05) is 18.9 Å². The first-order valence-corrected chi connectivity index (χ1v) is 5.42. The number of hydrogen-bond acceptors (Lipinski definition) is 1. The third-order valence-electron chi connectivity index (χ3n) is 2.93. The van der Waals surface area contributed by atoms with Crippen LogP contribution in [-0.2, 0) is 6.18 Å². The zero-order chi connectivity index (χ0) is 12.6. The van der Waals surface area contributed by atoms with Crippen LogP contribution in [0.3, 0.4) is 0 Å². The third-order valence-corrected chi connectivity index (χ3v) is 2.93. The summed E-state index contributed by atoms with van der Waals surface area (Å²) in [6, 6.07) is 2.40. The van der Waals surface area contributed by atoms with Crippen LogP contribution in [0.15, 0.2) is 18.2 Å². The summed E-state index contributed by atoms with van der Waals surface area (Å²) in [5.41, 5.74) is -1.31. The second-order valence-electron chi connectivity index (χ2n) is 4.42. The lowest BCUT2D eigenvalue weighted by Crippen LogP contribution is -2.13. The maximum absolute atomic E-state index is 12.8. The SMILES string of the molecule is OC(CC1CC1)c1ccc(F)cc1C(F)(F)F. The molecule has 17 heavy (non-hydrogen) atoms. The Balaban J connectivity index is 2.30. The van der Waals surface area contributed by atoms with Crippen LogP contribution in [0, 0.1) is 11.7 Å². The molecule has 1 fully saturated rings. The fourth-order valence-corrected chi connectivity index (χ4v) is 1.86. The van der Waals surface area contributed by atoms with Crippen LogP contribution < -0.4 is 0 Å². The molecule has 0 spiro atoms. The van der Waals surface area contributed by atoms with Gasteiger partial charge in [-0.05, 0) is 30.0 Å². The molecule has 0 aliphatic heterocycles. The van der Waals surface area contributed by atoms with E-state index in [1.54, 1.807) is 0 Å². The second kappa shape index (κ2) is 4.29. The Hall–Kier alpha value is -1.10. The fourth-order valence-electron chi connectivity index (χ4n) is 1.86. The van der Waals surface area contributed by atoms with E-state index in [0.717, 1.165) is 25.0 Å². The smallest absolute Gasteiger partial charge is 0.388 e. The first kappa shape index (κ1) is 12.4. The van der Waals surface area contributed by atoms with E-state index in [4.69, 9.17) is 0 Å². The largest absolute Gasteiger partial charge is 0.416 e. The summed E-state index contributed by atoms with van der Waals surface area (Å²) in [5, 5.41) is 9.74. The van der Waals surface area contributed by atoms with Gasteiger partial charge >= 0.3 is 6.18 Å². The molecule has 0 aromatic heterocycles. The number of benzene rings is 1. The topological polar surface area (TPSA) is 20.2 Å². The van der Waals surface area contributed by atoms with Crippen molar-refractivity contribution >= 4 is 0 Å². The molecule has 1 N–H and O–H groups in total. The van der Waals surface area contributed by atoms with Crippen molar-refractivity contribution < 1.29 is 22.7 Å². The molecule has 1 atom stereocenters. The number of aliphatic hydroxyl groups excluding tert-OH is 1. The Morgan fingerprint density at radius 3 is 2.47 bits per heavy atom. The highest BCUT2D eigenvalue weighted by Crippen LogP contribution is 2.41. The van der Waals surface area contributed by atoms with E-state index in [2.05, 4.69) is 0 Å². The van der Waals surface area contributed by atoms with E-state index in [1.165, 1.54) is 0 Å². The molecule has 5 heteroatoms. The van der Waals surface area contributed by atoms with Gasteiger partial charge in [-0.3, -0.25) is 0 Å². The van der Waals surface area contributed by atoms with Crippen molar-refractivity contribution in [3.05, 3.63) is 35.1 Å². The van der Waals surface area contributed by atoms with E-state index >= 15 is 0 Å². The van der Waals surface area contributed by atoms with Crippen LogP contribution >= 0.6 is 0 Å². The molecule has 0 saturated heterocycles. The molecule has 1 aromatic rings. The lowest BCUT2D eigenvalue weighted by Gasteiger charge is -2.17. The third kappa shape index (κ3) is 2.97. The van der Waals surface area contributed by atoms with Crippen LogP contribution in [0.5, 0.6) is 0 Å². The van der Waals surface area contributed by atoms with Crippen molar-refractivity contribution in [2.45, 2.75) is 31.5 Å². The minimum Gasteiger partial charge on any atom is -0.388 e. The van der Waals surface area contributed by atoms with Gasteiger partial charge in [0.2, 0.25) is 0 Å². The van der Waals surface area contributed by atoms with Crippen LogP contribution in [-0.4, -0.2) is 5.11 Å². The second-order valence-corrected chi connectivity index (χ2v) is 4.42. The molecule has 94 valence electrons. The molecule has 1 nitrogen and oxygen atoms in total. The first-order chi connectivity index (χ1) is 7.88. The molecule has 0 heterocycles. The Morgan fingerprint density at radius 1 is 1.29 bits per heavy atom. The molecule has 0 radical (unpaired) electrons. The number of hydrogen-bond donors (Lipinski definition) is 1. The van der Waals surface area contributed by atoms with Crippen LogP contribution in [0.4, 0.5) is 17.6 Å². The Labute approximate surface area is 96.1 Å². The lowest BCUT2D eigenvalue weighted by molar-refractivity contribution is -0.139. The van der Waals surface area contributed by atoms with Gasteiger partial charge < -0.3 is 5.11 Å². The van der Waals surface area contributed by atoms with Gasteiger partial charge in [-0.2, -0.15) is 13.2 Å². The molecule has 0 bridgehead atoms. The molecule has 0 amide bonds. The first-order valence-electron chi connectivity index (χ1n) is 5.42. The van der Waals surface area contributed by atoms with Crippen molar-refractivity contribution in [1.82, 2.24) is 0 Å². The van der Waals surface area contributed by atoms with E-state index in [1.807, 2.05) is 0 Å². The average Bonchev–Trinajstić information content (AvgIpc) is 3.00. The van der Waals surface area contributed by atoms with Gasteiger partial charge in [0.05, 0.1) is 11.7 Å². The van der Waals surface area contributed by atoms with Gasteiger partial charge in [-0.15, -0.1) is 0 Å². The predicted octanol–water partition coefficient (Wildman–Crippen LogP) is 3.68. The minimum absolute atomic E-state index is 0.231. The van der Waals surface area contributed by atoms with Crippen molar-refractivity contribution in [2.24, 2.45) is 5.92 Å². The Kier molecular flexibility index (Phi) is 3.12. The van der Waals surface area contributed by atoms with Crippen molar-refractivity contribution in [1.29, 1.82) is 0 Å². The Bertz CT molecular complexity index is 409. The van der Waals surface area contributed by atoms with Gasteiger partial charge in [-0.25, -0.2) is 4.39 Å². The molecule has 1 aliphatic carbocycles. The van der Waals surface area contributed by atoms with E-state index in [0.29, 0.717) is 18.4 Å². The lowest BCUT2D eigenvalue weighted by atomic mass is 9.98. The minimum atomic E-state index is -4.64. The summed E-state index contributed by atoms with van der Waals surface area (Å²) in [6.45, 7) is 0. The highest BCUT2D eigenvalue weighted by atomic mass is 19.4. The summed E-state index contributed by atoms with van der Waals surface area (Å²) in [5.74, 6) is -0.643. The predicted molar refractivity (Wildman–Crippen MR) is 53.7 cm³/mol. The number of rotatable bonds is 3. The van der Waals surface area contributed by atoms with E-state index in [-0.39, 0.29) is 5.56 Å². The zero-order valence-electron chi connectivity index (χ0n) is 8.97. The van der Waals surface area contributed by atoms with Crippen molar-refractivity contribution in [3.8, 4) is 0 Å². The highest BCUT2D eigenvalue weighted by molar-refractivity contribution is 5.32. The van der Waals surface area contributed by atoms with Gasteiger partial charge in [0.1, 0.15) is 5.82 Å². The van der Waals surface area contributed by atoms with Crippen molar-refractivity contribution in [2.75, 3.05) is 0 Å².